The van der Waals surface area contributed by atoms with Gasteiger partial charge in [-0.15, -0.1) is 0 Å². The highest BCUT2D eigenvalue weighted by atomic mass is 19.2. The molecule has 0 amide bonds. The molecular weight excluding hydrogens is 200 g/mol. The van der Waals surface area contributed by atoms with Gasteiger partial charge >= 0.3 is 11.9 Å². The molecule has 0 aliphatic heterocycles. The summed E-state index contributed by atoms with van der Waals surface area (Å²) in [7, 11) is 0. The minimum atomic E-state index is -1.85. The quantitative estimate of drug-likeness (QED) is 0.246. The van der Waals surface area contributed by atoms with Crippen LogP contribution in [-0.2, 0) is 0 Å². The van der Waals surface area contributed by atoms with Crippen molar-refractivity contribution in [2.24, 2.45) is 0 Å². The van der Waals surface area contributed by atoms with E-state index in [2.05, 4.69) is 0 Å². The van der Waals surface area contributed by atoms with Crippen LogP contribution in [0.3, 0.4) is 0 Å². The molecule has 14 heavy (non-hydrogen) atoms. The first-order valence-electron chi connectivity index (χ1n) is 2.90. The molecule has 0 unspecified atom stereocenters. The lowest BCUT2D eigenvalue weighted by molar-refractivity contribution is 0.572. The van der Waals surface area contributed by atoms with Crippen LogP contribution in [0.2, 0.25) is 0 Å². The van der Waals surface area contributed by atoms with E-state index >= 15 is 0 Å². The second-order valence-electron chi connectivity index (χ2n) is 1.68. The molecule has 0 fully saturated rings. The molecule has 0 aliphatic carbocycles. The zero-order chi connectivity index (χ0) is 11.1. The molecule has 0 spiro atoms. The first-order valence-corrected chi connectivity index (χ1v) is 2.90. The topological polar surface area (TPSA) is 8.72 Å². The molecule has 0 rings (SSSR count). The zero-order valence-corrected chi connectivity index (χ0v) is 6.41. The first kappa shape index (κ1) is 11.7. The van der Waals surface area contributed by atoms with Crippen LogP contribution >= 0.6 is 0 Å². The molecule has 2 nitrogen and oxygen atoms in total. The molecule has 0 radical (unpaired) electrons. The third-order valence-corrected chi connectivity index (χ3v) is 0.841. The average molecular weight is 200 g/mol. The lowest BCUT2D eigenvalue weighted by atomic mass is 10.4. The van der Waals surface area contributed by atoms with Crippen LogP contribution in [0.25, 0.3) is 9.69 Å². The van der Waals surface area contributed by atoms with Crippen LogP contribution in [0.4, 0.5) is 17.6 Å². The van der Waals surface area contributed by atoms with Crippen LogP contribution in [0, 0.1) is 25.0 Å². The van der Waals surface area contributed by atoms with Gasteiger partial charge in [-0.05, 0) is 11.8 Å². The monoisotopic (exact) mass is 200 g/mol. The fraction of sp³-hybridized carbons (Fsp3) is 0. The summed E-state index contributed by atoms with van der Waals surface area (Å²) < 4.78 is 48.5. The molecular formula is C8F4N2. The smallest absolute Gasteiger partial charge is 0.233 e. The van der Waals surface area contributed by atoms with E-state index < -0.39 is 23.6 Å². The van der Waals surface area contributed by atoms with Crippen molar-refractivity contribution < 1.29 is 17.6 Å². The highest BCUT2D eigenvalue weighted by Gasteiger charge is 2.03. The van der Waals surface area contributed by atoms with Crippen LogP contribution < -0.4 is 0 Å². The Bertz CT molecular complexity index is 397. The predicted octanol–water partition coefficient (Wildman–Crippen LogP) is 3.04. The molecule has 0 atom stereocenters. The zero-order valence-electron chi connectivity index (χ0n) is 6.41. The SMILES string of the molecule is [C-]#[N+]/C(F)=C(\F)C#C/C(F)=C(\F)[N+]#[C-]. The van der Waals surface area contributed by atoms with Gasteiger partial charge in [0.15, 0.2) is 0 Å². The summed E-state index contributed by atoms with van der Waals surface area (Å²) in [6, 6.07) is 0. The van der Waals surface area contributed by atoms with Crippen LogP contribution in [-0.4, -0.2) is 0 Å². The number of hydrogen-bond donors (Lipinski definition) is 0. The lowest BCUT2D eigenvalue weighted by Gasteiger charge is -1.82. The van der Waals surface area contributed by atoms with Gasteiger partial charge in [-0.2, -0.15) is 0 Å². The molecule has 0 aliphatic rings. The normalized spacial score (nSPS) is 12.4. The van der Waals surface area contributed by atoms with E-state index in [1.54, 1.807) is 0 Å². The third kappa shape index (κ3) is 3.42. The Hall–Kier alpha value is -2.26. The van der Waals surface area contributed by atoms with Crippen molar-refractivity contribution in [2.75, 3.05) is 0 Å². The highest BCUT2D eigenvalue weighted by Crippen LogP contribution is 2.10. The third-order valence-electron chi connectivity index (χ3n) is 0.841. The summed E-state index contributed by atoms with van der Waals surface area (Å²) in [4.78, 5) is 4.05. The van der Waals surface area contributed by atoms with Crippen molar-refractivity contribution in [1.29, 1.82) is 0 Å². The molecule has 0 aromatic heterocycles. The van der Waals surface area contributed by atoms with Gasteiger partial charge in [0.25, 0.3) is 0 Å². The molecule has 0 saturated heterocycles. The van der Waals surface area contributed by atoms with E-state index in [0.717, 1.165) is 0 Å². The van der Waals surface area contributed by atoms with Gasteiger partial charge < -0.3 is 0 Å². The van der Waals surface area contributed by atoms with Gasteiger partial charge in [0.1, 0.15) is 0 Å². The van der Waals surface area contributed by atoms with Crippen molar-refractivity contribution in [3.05, 3.63) is 46.4 Å². The van der Waals surface area contributed by atoms with Crippen LogP contribution in [0.1, 0.15) is 0 Å². The first-order chi connectivity index (χ1) is 6.52. The van der Waals surface area contributed by atoms with E-state index in [0.29, 0.717) is 0 Å². The number of nitrogens with zero attached hydrogens (tertiary/aromatic N) is 2. The second-order valence-corrected chi connectivity index (χ2v) is 1.68. The Labute approximate surface area is 76.8 Å². The minimum Gasteiger partial charge on any atom is -0.233 e. The summed E-state index contributed by atoms with van der Waals surface area (Å²) in [5.74, 6) is -4.92. The van der Waals surface area contributed by atoms with Crippen molar-refractivity contribution in [3.8, 4) is 11.8 Å². The predicted molar refractivity (Wildman–Crippen MR) is 39.5 cm³/mol. The van der Waals surface area contributed by atoms with E-state index in [9.17, 15) is 17.6 Å². The summed E-state index contributed by atoms with van der Waals surface area (Å²) in [5.41, 5.74) is 0. The van der Waals surface area contributed by atoms with Gasteiger partial charge in [-0.1, -0.05) is 0 Å². The van der Waals surface area contributed by atoms with E-state index in [1.165, 1.54) is 11.8 Å². The number of hydrogen-bond acceptors (Lipinski definition) is 0. The Morgan fingerprint density at radius 3 is 1.29 bits per heavy atom. The van der Waals surface area contributed by atoms with Crippen molar-refractivity contribution in [3.63, 3.8) is 0 Å². The van der Waals surface area contributed by atoms with Gasteiger partial charge in [-0.25, -0.2) is 27.3 Å². The summed E-state index contributed by atoms with van der Waals surface area (Å²) in [6.07, 6.45) is 0. The van der Waals surface area contributed by atoms with E-state index in [1.807, 2.05) is 9.69 Å². The van der Waals surface area contributed by atoms with Crippen molar-refractivity contribution in [2.45, 2.75) is 0 Å². The fourth-order valence-corrected chi connectivity index (χ4v) is 0.311. The standard InChI is InChI=1S/C8F4N2/c1-13-7(11)5(9)3-4-6(10)8(12)14-2/b7-5-,8-6-. The van der Waals surface area contributed by atoms with Crippen molar-refractivity contribution in [1.82, 2.24) is 0 Å². The highest BCUT2D eigenvalue weighted by molar-refractivity contribution is 5.36. The molecule has 0 heterocycles. The van der Waals surface area contributed by atoms with Gasteiger partial charge in [0, 0.05) is 0 Å². The number of allylic oxidation sites excluding steroid dienone is 2. The van der Waals surface area contributed by atoms with Gasteiger partial charge in [0.05, 0.1) is 13.1 Å². The maximum atomic E-state index is 12.3. The summed E-state index contributed by atoms with van der Waals surface area (Å²) >= 11 is 0. The van der Waals surface area contributed by atoms with Gasteiger partial charge in [0.2, 0.25) is 11.7 Å². The minimum absolute atomic E-state index is 1.21. The molecule has 0 aromatic rings. The Kier molecular flexibility index (Phi) is 4.53. The Balaban J connectivity index is 5.01. The molecule has 0 N–H and O–H groups in total. The molecule has 0 saturated carbocycles. The second kappa shape index (κ2) is 5.40. The maximum Gasteiger partial charge on any atom is 0.375 e. The fourth-order valence-electron chi connectivity index (χ4n) is 0.311. The number of rotatable bonds is 0. The average Bonchev–Trinajstić information content (AvgIpc) is 2.22. The molecule has 0 aromatic carbocycles. The molecule has 70 valence electrons. The van der Waals surface area contributed by atoms with E-state index in [4.69, 9.17) is 13.1 Å². The molecule has 6 heteroatoms. The number of halogens is 4. The summed E-state index contributed by atoms with van der Waals surface area (Å²) in [5, 5.41) is 0. The van der Waals surface area contributed by atoms with Crippen LogP contribution in [0.15, 0.2) is 23.6 Å². The molecule has 0 bridgehead atoms. The van der Waals surface area contributed by atoms with Crippen LogP contribution in [0.5, 0.6) is 0 Å². The Morgan fingerprint density at radius 1 is 0.786 bits per heavy atom. The van der Waals surface area contributed by atoms with Crippen molar-refractivity contribution >= 4 is 0 Å². The summed E-state index contributed by atoms with van der Waals surface area (Å²) in [6.45, 7) is 12.0. The van der Waals surface area contributed by atoms with Gasteiger partial charge in [-0.3, -0.25) is 0 Å². The largest absolute Gasteiger partial charge is 0.375 e. The Morgan fingerprint density at radius 2 is 1.07 bits per heavy atom. The van der Waals surface area contributed by atoms with E-state index in [-0.39, 0.29) is 0 Å². The lowest BCUT2D eigenvalue weighted by Crippen LogP contribution is -1.73. The maximum absolute atomic E-state index is 12.3.